The molecule has 0 aliphatic carbocycles. The maximum absolute atomic E-state index is 10.0. The summed E-state index contributed by atoms with van der Waals surface area (Å²) in [6.07, 6.45) is 36.8. The summed E-state index contributed by atoms with van der Waals surface area (Å²) in [6, 6.07) is 0. The zero-order chi connectivity index (χ0) is 23.0. The topological polar surface area (TPSA) is 38.7 Å². The van der Waals surface area contributed by atoms with E-state index in [4.69, 9.17) is 9.47 Å². The molecule has 1 fully saturated rings. The molecule has 1 N–H and O–H groups in total. The molecule has 0 aromatic rings. The fourth-order valence-corrected chi connectivity index (χ4v) is 3.44. The van der Waals surface area contributed by atoms with Crippen molar-refractivity contribution in [1.29, 1.82) is 0 Å². The van der Waals surface area contributed by atoms with Crippen molar-refractivity contribution < 1.29 is 14.6 Å². The number of hydrogen-bond acceptors (Lipinski definition) is 3. The van der Waals surface area contributed by atoms with Gasteiger partial charge in [0, 0.05) is 6.61 Å². The van der Waals surface area contributed by atoms with Crippen molar-refractivity contribution in [3.05, 3.63) is 60.8 Å². The molecule has 1 rings (SSSR count). The lowest BCUT2D eigenvalue weighted by Gasteiger charge is -2.23. The number of aliphatic hydroxyl groups excluding tert-OH is 1. The van der Waals surface area contributed by atoms with Crippen LogP contribution in [0.1, 0.15) is 96.8 Å². The molecule has 3 heteroatoms. The first-order valence-electron chi connectivity index (χ1n) is 13.0. The van der Waals surface area contributed by atoms with Gasteiger partial charge in [0.25, 0.3) is 0 Å². The molecule has 1 saturated heterocycles. The summed E-state index contributed by atoms with van der Waals surface area (Å²) in [5.41, 5.74) is 0. The van der Waals surface area contributed by atoms with E-state index in [1.165, 1.54) is 32.1 Å². The highest BCUT2D eigenvalue weighted by atomic mass is 16.7. The number of hydrogen-bond donors (Lipinski definition) is 1. The second-order valence-corrected chi connectivity index (χ2v) is 8.48. The molecule has 0 spiro atoms. The summed E-state index contributed by atoms with van der Waals surface area (Å²) in [6.45, 7) is 3.63. The molecule has 2 atom stereocenters. The Morgan fingerprint density at radius 3 is 1.94 bits per heavy atom. The summed E-state index contributed by atoms with van der Waals surface area (Å²) >= 11 is 0. The van der Waals surface area contributed by atoms with Crippen LogP contribution in [0.2, 0.25) is 0 Å². The van der Waals surface area contributed by atoms with Crippen LogP contribution in [-0.4, -0.2) is 30.7 Å². The van der Waals surface area contributed by atoms with Gasteiger partial charge in [-0.25, -0.2) is 0 Å². The summed E-state index contributed by atoms with van der Waals surface area (Å²) in [5, 5.41) is 10.0. The number of aliphatic hydroxyl groups is 1. The maximum Gasteiger partial charge on any atom is 0.157 e. The molecule has 0 saturated carbocycles. The fraction of sp³-hybridized carbons (Fsp3) is 0.655. The highest BCUT2D eigenvalue weighted by Gasteiger charge is 2.14. The van der Waals surface area contributed by atoms with Crippen LogP contribution in [0.4, 0.5) is 0 Å². The average Bonchev–Trinajstić information content (AvgIpc) is 2.81. The van der Waals surface area contributed by atoms with Crippen LogP contribution in [0.25, 0.3) is 0 Å². The van der Waals surface area contributed by atoms with Crippen molar-refractivity contribution >= 4 is 0 Å². The normalized spacial score (nSPS) is 18.9. The maximum atomic E-state index is 10.0. The van der Waals surface area contributed by atoms with Gasteiger partial charge in [0.15, 0.2) is 6.29 Å². The van der Waals surface area contributed by atoms with E-state index in [1.54, 1.807) is 0 Å². The Hall–Kier alpha value is -1.42. The zero-order valence-corrected chi connectivity index (χ0v) is 20.5. The summed E-state index contributed by atoms with van der Waals surface area (Å²) in [4.78, 5) is 0. The van der Waals surface area contributed by atoms with Gasteiger partial charge in [0.2, 0.25) is 0 Å². The van der Waals surface area contributed by atoms with E-state index in [-0.39, 0.29) is 12.4 Å². The van der Waals surface area contributed by atoms with E-state index in [2.05, 4.69) is 67.7 Å². The molecule has 0 amide bonds. The van der Waals surface area contributed by atoms with Crippen molar-refractivity contribution in [1.82, 2.24) is 0 Å². The van der Waals surface area contributed by atoms with Gasteiger partial charge in [0.05, 0.1) is 12.7 Å². The lowest BCUT2D eigenvalue weighted by Crippen LogP contribution is -2.24. The monoisotopic (exact) mass is 444 g/mol. The Labute approximate surface area is 198 Å². The van der Waals surface area contributed by atoms with Gasteiger partial charge in [0.1, 0.15) is 0 Å². The molecular formula is C29H48O3. The van der Waals surface area contributed by atoms with Crippen LogP contribution in [0.15, 0.2) is 60.8 Å². The highest BCUT2D eigenvalue weighted by Crippen LogP contribution is 2.14. The standard InChI is InChI=1S/C29H48O3/c1-2-3-4-5-6-7-8-9-10-11-12-13-14-15-16-17-18-19-20-23-28(30)25-27-32-29-24-21-22-26-31-29/h6-7,9-10,12-13,15-16,18-19,28-30H,2-5,8,11,14,17,20-27H2,1H3/b7-6-,10-9-,13-12-,16-15-,19-18-. The van der Waals surface area contributed by atoms with Crippen molar-refractivity contribution in [3.8, 4) is 0 Å². The summed E-state index contributed by atoms with van der Waals surface area (Å²) < 4.78 is 11.2. The predicted octanol–water partition coefficient (Wildman–Crippen LogP) is 7.98. The third-order valence-corrected chi connectivity index (χ3v) is 5.46. The molecule has 0 aromatic heterocycles. The Balaban J connectivity index is 1.90. The van der Waals surface area contributed by atoms with Crippen LogP contribution < -0.4 is 0 Å². The van der Waals surface area contributed by atoms with Crippen molar-refractivity contribution in [2.45, 2.75) is 109 Å². The van der Waals surface area contributed by atoms with E-state index in [9.17, 15) is 5.11 Å². The molecule has 1 heterocycles. The molecule has 1 aliphatic heterocycles. The molecule has 0 radical (unpaired) electrons. The predicted molar refractivity (Wildman–Crippen MR) is 138 cm³/mol. The van der Waals surface area contributed by atoms with E-state index >= 15 is 0 Å². The van der Waals surface area contributed by atoms with Gasteiger partial charge >= 0.3 is 0 Å². The van der Waals surface area contributed by atoms with Gasteiger partial charge in [-0.05, 0) is 77.0 Å². The SMILES string of the molecule is CCCCC/C=C\C/C=C\C/C=C\C/C=C\C/C=C\CCC(O)CCOC1CCCCO1. The smallest absolute Gasteiger partial charge is 0.157 e. The Morgan fingerprint density at radius 2 is 1.38 bits per heavy atom. The minimum Gasteiger partial charge on any atom is -0.393 e. The molecule has 0 bridgehead atoms. The lowest BCUT2D eigenvalue weighted by molar-refractivity contribution is -0.165. The van der Waals surface area contributed by atoms with E-state index in [0.717, 1.165) is 58.0 Å². The van der Waals surface area contributed by atoms with E-state index in [1.807, 2.05) is 0 Å². The van der Waals surface area contributed by atoms with Crippen LogP contribution >= 0.6 is 0 Å². The first-order valence-corrected chi connectivity index (χ1v) is 13.0. The lowest BCUT2D eigenvalue weighted by atomic mass is 10.1. The van der Waals surface area contributed by atoms with Gasteiger partial charge in [-0.3, -0.25) is 0 Å². The minimum atomic E-state index is -0.292. The quantitative estimate of drug-likeness (QED) is 0.162. The summed E-state index contributed by atoms with van der Waals surface area (Å²) in [5.74, 6) is 0. The van der Waals surface area contributed by atoms with E-state index in [0.29, 0.717) is 13.0 Å². The van der Waals surface area contributed by atoms with Crippen molar-refractivity contribution in [2.24, 2.45) is 0 Å². The molecule has 182 valence electrons. The Morgan fingerprint density at radius 1 is 0.781 bits per heavy atom. The second-order valence-electron chi connectivity index (χ2n) is 8.48. The van der Waals surface area contributed by atoms with Crippen LogP contribution in [0.3, 0.4) is 0 Å². The molecule has 0 aromatic carbocycles. The molecular weight excluding hydrogens is 396 g/mol. The largest absolute Gasteiger partial charge is 0.393 e. The van der Waals surface area contributed by atoms with Gasteiger partial charge in [-0.1, -0.05) is 80.5 Å². The third-order valence-electron chi connectivity index (χ3n) is 5.46. The van der Waals surface area contributed by atoms with Gasteiger partial charge in [-0.15, -0.1) is 0 Å². The number of allylic oxidation sites excluding steroid dienone is 10. The first-order chi connectivity index (χ1) is 15.8. The molecule has 1 aliphatic rings. The zero-order valence-electron chi connectivity index (χ0n) is 20.5. The summed E-state index contributed by atoms with van der Waals surface area (Å²) in [7, 11) is 0. The van der Waals surface area contributed by atoms with Gasteiger partial charge < -0.3 is 14.6 Å². The first kappa shape index (κ1) is 28.6. The molecule has 2 unspecified atom stereocenters. The van der Waals surface area contributed by atoms with Crippen LogP contribution in [-0.2, 0) is 9.47 Å². The number of rotatable bonds is 19. The minimum absolute atomic E-state index is 0.0544. The third kappa shape index (κ3) is 19.3. The average molecular weight is 445 g/mol. The van der Waals surface area contributed by atoms with Gasteiger partial charge in [-0.2, -0.15) is 0 Å². The number of unbranched alkanes of at least 4 members (excludes halogenated alkanes) is 3. The highest BCUT2D eigenvalue weighted by molar-refractivity contribution is 5.00. The van der Waals surface area contributed by atoms with E-state index < -0.39 is 0 Å². The van der Waals surface area contributed by atoms with Crippen LogP contribution in [0, 0.1) is 0 Å². The van der Waals surface area contributed by atoms with Crippen molar-refractivity contribution in [2.75, 3.05) is 13.2 Å². The molecule has 3 nitrogen and oxygen atoms in total. The second kappa shape index (κ2) is 22.8. The molecule has 32 heavy (non-hydrogen) atoms. The Kier molecular flexibility index (Phi) is 20.4. The van der Waals surface area contributed by atoms with Crippen LogP contribution in [0.5, 0.6) is 0 Å². The Bertz CT molecular complexity index is 539. The fourth-order valence-electron chi connectivity index (χ4n) is 3.44. The van der Waals surface area contributed by atoms with Crippen molar-refractivity contribution in [3.63, 3.8) is 0 Å². The number of ether oxygens (including phenoxy) is 2.